The van der Waals surface area contributed by atoms with Crippen LogP contribution >= 0.6 is 24.0 Å². The Balaban J connectivity index is 0.00000364. The third-order valence-electron chi connectivity index (χ3n) is 5.30. The van der Waals surface area contributed by atoms with Crippen LogP contribution in [0.2, 0.25) is 0 Å². The van der Waals surface area contributed by atoms with Crippen LogP contribution in [0.4, 0.5) is 0 Å². The molecule has 1 aliphatic heterocycles. The minimum absolute atomic E-state index is 0. The molecule has 152 valence electrons. The first-order valence-corrected chi connectivity index (χ1v) is 9.85. The summed E-state index contributed by atoms with van der Waals surface area (Å²) in [6, 6.07) is 11.0. The molecule has 2 N–H and O–H groups in total. The number of halogens is 1. The first kappa shape index (κ1) is 23.7. The van der Waals surface area contributed by atoms with Gasteiger partial charge in [-0.2, -0.15) is 0 Å². The molecule has 0 aromatic heterocycles. The molecule has 1 aromatic rings. The van der Waals surface area contributed by atoms with Gasteiger partial charge >= 0.3 is 0 Å². The van der Waals surface area contributed by atoms with Gasteiger partial charge in [0.2, 0.25) is 5.91 Å². The van der Waals surface area contributed by atoms with Crippen molar-refractivity contribution in [3.8, 4) is 0 Å². The molecule has 1 fully saturated rings. The third-order valence-corrected chi connectivity index (χ3v) is 5.30. The smallest absolute Gasteiger partial charge is 0.221 e. The highest BCUT2D eigenvalue weighted by molar-refractivity contribution is 14.0. The Labute approximate surface area is 181 Å². The monoisotopic (exact) mass is 486 g/mol. The number of benzene rings is 1. The van der Waals surface area contributed by atoms with Gasteiger partial charge in [0, 0.05) is 39.1 Å². The van der Waals surface area contributed by atoms with Gasteiger partial charge in [-0.1, -0.05) is 44.2 Å². The molecule has 0 bridgehead atoms. The van der Waals surface area contributed by atoms with Crippen molar-refractivity contribution in [2.24, 2.45) is 10.9 Å². The average molecular weight is 486 g/mol. The predicted molar refractivity (Wildman–Crippen MR) is 124 cm³/mol. The maximum absolute atomic E-state index is 11.9. The molecule has 1 aliphatic rings. The van der Waals surface area contributed by atoms with E-state index in [-0.39, 0.29) is 35.9 Å². The van der Waals surface area contributed by atoms with Gasteiger partial charge in [-0.05, 0) is 37.2 Å². The van der Waals surface area contributed by atoms with Crippen LogP contribution in [-0.2, 0) is 4.79 Å². The Kier molecular flexibility index (Phi) is 10.7. The Hall–Kier alpha value is -1.31. The lowest BCUT2D eigenvalue weighted by Crippen LogP contribution is -2.48. The van der Waals surface area contributed by atoms with E-state index in [9.17, 15) is 4.79 Å². The van der Waals surface area contributed by atoms with Gasteiger partial charge in [0.15, 0.2) is 5.96 Å². The predicted octanol–water partition coefficient (Wildman–Crippen LogP) is 3.61. The second-order valence-electron chi connectivity index (χ2n) is 7.33. The van der Waals surface area contributed by atoms with Crippen LogP contribution in [-0.4, -0.2) is 49.5 Å². The van der Waals surface area contributed by atoms with Gasteiger partial charge in [0.25, 0.3) is 0 Å². The first-order valence-electron chi connectivity index (χ1n) is 9.85. The van der Waals surface area contributed by atoms with Crippen LogP contribution in [0.15, 0.2) is 35.3 Å². The summed E-state index contributed by atoms with van der Waals surface area (Å²) in [6.07, 6.45) is 2.55. The zero-order valence-corrected chi connectivity index (χ0v) is 19.4. The molecular weight excluding hydrogens is 451 g/mol. The molecule has 1 heterocycles. The number of guanidine groups is 1. The van der Waals surface area contributed by atoms with E-state index in [1.165, 1.54) is 5.56 Å². The van der Waals surface area contributed by atoms with Gasteiger partial charge in [0.1, 0.15) is 0 Å². The summed E-state index contributed by atoms with van der Waals surface area (Å²) in [6.45, 7) is 9.01. The topological polar surface area (TPSA) is 56.7 Å². The molecule has 27 heavy (non-hydrogen) atoms. The van der Waals surface area contributed by atoms with Crippen molar-refractivity contribution in [2.45, 2.75) is 52.0 Å². The minimum Gasteiger partial charge on any atom is -0.356 e. The number of hydrogen-bond acceptors (Lipinski definition) is 2. The van der Waals surface area contributed by atoms with E-state index < -0.39 is 0 Å². The summed E-state index contributed by atoms with van der Waals surface area (Å²) in [5.41, 5.74) is 1.43. The highest BCUT2D eigenvalue weighted by atomic mass is 127. The minimum atomic E-state index is 0. The van der Waals surface area contributed by atoms with Crippen LogP contribution in [0.3, 0.4) is 0 Å². The Morgan fingerprint density at radius 1 is 1.33 bits per heavy atom. The molecule has 1 aromatic carbocycles. The number of nitrogens with one attached hydrogen (secondary N) is 2. The summed E-state index contributed by atoms with van der Waals surface area (Å²) in [5.74, 6) is 2.17. The van der Waals surface area contributed by atoms with Gasteiger partial charge in [-0.15, -0.1) is 24.0 Å². The van der Waals surface area contributed by atoms with E-state index in [0.717, 1.165) is 31.9 Å². The molecule has 1 saturated heterocycles. The van der Waals surface area contributed by atoms with Crippen molar-refractivity contribution >= 4 is 35.8 Å². The number of hydrogen-bond donors (Lipinski definition) is 2. The van der Waals surface area contributed by atoms with Crippen LogP contribution in [0.1, 0.15) is 51.5 Å². The fourth-order valence-electron chi connectivity index (χ4n) is 3.60. The summed E-state index contributed by atoms with van der Waals surface area (Å²) in [5, 5.41) is 6.35. The SMILES string of the molecule is CCC(C)NC(=O)CCNC(=NC)N1CCC(c2ccccc2)C(C)C1.I. The third kappa shape index (κ3) is 7.31. The summed E-state index contributed by atoms with van der Waals surface area (Å²) in [4.78, 5) is 18.6. The molecule has 3 atom stereocenters. The fourth-order valence-corrected chi connectivity index (χ4v) is 3.60. The van der Waals surface area contributed by atoms with Crippen molar-refractivity contribution in [1.29, 1.82) is 0 Å². The standard InChI is InChI=1S/C21H34N4O.HI/c1-5-17(3)24-20(26)11-13-23-21(22-4)25-14-12-19(16(2)15-25)18-9-7-6-8-10-18;/h6-10,16-17,19H,5,11-15H2,1-4H3,(H,22,23)(H,24,26);1H. The van der Waals surface area contributed by atoms with E-state index >= 15 is 0 Å². The maximum atomic E-state index is 11.9. The van der Waals surface area contributed by atoms with Crippen LogP contribution in [0, 0.1) is 5.92 Å². The van der Waals surface area contributed by atoms with Crippen LogP contribution in [0.5, 0.6) is 0 Å². The number of rotatable bonds is 6. The lowest BCUT2D eigenvalue weighted by atomic mass is 9.82. The van der Waals surface area contributed by atoms with E-state index in [2.05, 4.69) is 64.7 Å². The Bertz CT molecular complexity index is 593. The first-order chi connectivity index (χ1) is 12.5. The summed E-state index contributed by atoms with van der Waals surface area (Å²) in [7, 11) is 1.81. The maximum Gasteiger partial charge on any atom is 0.221 e. The number of nitrogens with zero attached hydrogens (tertiary/aromatic N) is 2. The van der Waals surface area contributed by atoms with E-state index in [1.807, 2.05) is 14.0 Å². The molecule has 0 saturated carbocycles. The number of aliphatic imine (C=N–C) groups is 1. The Morgan fingerprint density at radius 2 is 2.04 bits per heavy atom. The molecule has 3 unspecified atom stereocenters. The number of carbonyl (C=O) groups excluding carboxylic acids is 1. The molecule has 5 nitrogen and oxygen atoms in total. The number of carbonyl (C=O) groups is 1. The van der Waals surface area contributed by atoms with E-state index in [1.54, 1.807) is 0 Å². The lowest BCUT2D eigenvalue weighted by molar-refractivity contribution is -0.121. The van der Waals surface area contributed by atoms with Gasteiger partial charge in [0.05, 0.1) is 0 Å². The normalized spacial score (nSPS) is 21.2. The highest BCUT2D eigenvalue weighted by Gasteiger charge is 2.28. The number of likely N-dealkylation sites (tertiary alicyclic amines) is 1. The zero-order valence-electron chi connectivity index (χ0n) is 17.1. The van der Waals surface area contributed by atoms with Gasteiger partial charge in [-0.25, -0.2) is 0 Å². The van der Waals surface area contributed by atoms with Crippen molar-refractivity contribution in [1.82, 2.24) is 15.5 Å². The highest BCUT2D eigenvalue weighted by Crippen LogP contribution is 2.32. The molecule has 6 heteroatoms. The molecule has 1 amide bonds. The second kappa shape index (κ2) is 12.2. The second-order valence-corrected chi connectivity index (χ2v) is 7.33. The largest absolute Gasteiger partial charge is 0.356 e. The number of piperidine rings is 1. The summed E-state index contributed by atoms with van der Waals surface area (Å²) >= 11 is 0. The molecule has 0 radical (unpaired) electrons. The van der Waals surface area contributed by atoms with Crippen LogP contribution in [0.25, 0.3) is 0 Å². The van der Waals surface area contributed by atoms with Crippen molar-refractivity contribution in [3.05, 3.63) is 35.9 Å². The van der Waals surface area contributed by atoms with E-state index in [0.29, 0.717) is 24.8 Å². The molecule has 2 rings (SSSR count). The molecule has 0 aliphatic carbocycles. The molecular formula is C21H35IN4O. The van der Waals surface area contributed by atoms with Gasteiger partial charge < -0.3 is 15.5 Å². The zero-order chi connectivity index (χ0) is 18.9. The van der Waals surface area contributed by atoms with Crippen molar-refractivity contribution in [3.63, 3.8) is 0 Å². The molecule has 0 spiro atoms. The van der Waals surface area contributed by atoms with E-state index in [4.69, 9.17) is 0 Å². The van der Waals surface area contributed by atoms with Crippen LogP contribution < -0.4 is 10.6 Å². The van der Waals surface area contributed by atoms with Crippen molar-refractivity contribution in [2.75, 3.05) is 26.7 Å². The fraction of sp³-hybridized carbons (Fsp3) is 0.619. The lowest BCUT2D eigenvalue weighted by Gasteiger charge is -2.39. The van der Waals surface area contributed by atoms with Crippen molar-refractivity contribution < 1.29 is 4.79 Å². The Morgan fingerprint density at radius 3 is 2.63 bits per heavy atom. The van der Waals surface area contributed by atoms with Gasteiger partial charge in [-0.3, -0.25) is 9.79 Å². The average Bonchev–Trinajstić information content (AvgIpc) is 2.65. The quantitative estimate of drug-likeness (QED) is 0.367. The summed E-state index contributed by atoms with van der Waals surface area (Å²) < 4.78 is 0. The number of amides is 1.